The van der Waals surface area contributed by atoms with E-state index in [1.54, 1.807) is 36.8 Å². The molecule has 0 amide bonds. The summed E-state index contributed by atoms with van der Waals surface area (Å²) in [6, 6.07) is 10.5. The highest BCUT2D eigenvalue weighted by Gasteiger charge is 2.23. The zero-order chi connectivity index (χ0) is 19.4. The fraction of sp³-hybridized carbons (Fsp3) is 0.158. The molecule has 0 aliphatic carbocycles. The van der Waals surface area contributed by atoms with Crippen molar-refractivity contribution in [3.8, 4) is 0 Å². The van der Waals surface area contributed by atoms with Gasteiger partial charge in [-0.25, -0.2) is 4.98 Å². The summed E-state index contributed by atoms with van der Waals surface area (Å²) in [5.74, 6) is 0. The minimum Gasteiger partial charge on any atom is -0.336 e. The molecule has 0 fully saturated rings. The maximum Gasteiger partial charge on any atom is 0.193 e. The Kier molecular flexibility index (Phi) is 7.12. The highest BCUT2D eigenvalue weighted by atomic mass is 35.5. The quantitative estimate of drug-likeness (QED) is 0.409. The Morgan fingerprint density at radius 1 is 1.04 bits per heavy atom. The molecule has 0 saturated carbocycles. The number of imidazole rings is 1. The van der Waals surface area contributed by atoms with Crippen LogP contribution >= 0.6 is 58.2 Å². The molecular formula is C19H14Cl4N2OS. The molecule has 2 aromatic carbocycles. The Morgan fingerprint density at radius 2 is 1.70 bits per heavy atom. The van der Waals surface area contributed by atoms with Crippen molar-refractivity contribution in [1.29, 1.82) is 0 Å². The first-order valence-corrected chi connectivity index (χ1v) is 10.4. The predicted molar refractivity (Wildman–Crippen MR) is 114 cm³/mol. The molecule has 1 unspecified atom stereocenters. The van der Waals surface area contributed by atoms with Crippen LogP contribution in [0.15, 0.2) is 55.1 Å². The summed E-state index contributed by atoms with van der Waals surface area (Å²) in [5.41, 5.74) is 1.58. The maximum absolute atomic E-state index is 12.7. The van der Waals surface area contributed by atoms with Gasteiger partial charge in [0.2, 0.25) is 0 Å². The summed E-state index contributed by atoms with van der Waals surface area (Å²) in [7, 11) is 0. The van der Waals surface area contributed by atoms with Crippen LogP contribution in [-0.2, 0) is 17.8 Å². The monoisotopic (exact) mass is 458 g/mol. The lowest BCUT2D eigenvalue weighted by Crippen LogP contribution is -2.10. The van der Waals surface area contributed by atoms with E-state index in [4.69, 9.17) is 46.4 Å². The van der Waals surface area contributed by atoms with Gasteiger partial charge < -0.3 is 4.57 Å². The highest BCUT2D eigenvalue weighted by Crippen LogP contribution is 2.41. The normalized spacial score (nSPS) is 12.1. The van der Waals surface area contributed by atoms with Crippen molar-refractivity contribution in [2.45, 2.75) is 18.2 Å². The lowest BCUT2D eigenvalue weighted by Gasteiger charge is -2.20. The van der Waals surface area contributed by atoms with Gasteiger partial charge in [-0.3, -0.25) is 4.79 Å². The van der Waals surface area contributed by atoms with Gasteiger partial charge >= 0.3 is 0 Å². The lowest BCUT2D eigenvalue weighted by atomic mass is 10.1. The third kappa shape index (κ3) is 5.66. The number of nitrogens with zero attached hydrogens (tertiary/aromatic N) is 2. The number of carbonyl (C=O) groups is 1. The molecule has 27 heavy (non-hydrogen) atoms. The van der Waals surface area contributed by atoms with Crippen LogP contribution < -0.4 is 0 Å². The van der Waals surface area contributed by atoms with E-state index in [9.17, 15) is 4.79 Å². The van der Waals surface area contributed by atoms with E-state index in [0.717, 1.165) is 5.56 Å². The standard InChI is InChI=1S/C19H14Cl4N2OS/c20-13-3-1-12(2-4-13)7-18(26)27-17(10-25-6-5-24-11-25)19-15(22)8-14(21)9-16(19)23/h1-6,8-9,11,17H,7,10H2. The van der Waals surface area contributed by atoms with Crippen molar-refractivity contribution in [3.63, 3.8) is 0 Å². The SMILES string of the molecule is O=C(Cc1ccc(Cl)cc1)SC(Cn1ccnc1)c1c(Cl)cc(Cl)cc1Cl. The molecule has 0 aliphatic rings. The second kappa shape index (κ2) is 9.35. The molecule has 0 bridgehead atoms. The van der Waals surface area contributed by atoms with E-state index in [1.165, 1.54) is 11.8 Å². The second-order valence-electron chi connectivity index (χ2n) is 5.82. The summed E-state index contributed by atoms with van der Waals surface area (Å²) < 4.78 is 1.88. The Morgan fingerprint density at radius 3 is 2.30 bits per heavy atom. The largest absolute Gasteiger partial charge is 0.336 e. The Labute approximate surface area is 181 Å². The Bertz CT molecular complexity index is 906. The summed E-state index contributed by atoms with van der Waals surface area (Å²) in [6.07, 6.45) is 5.48. The van der Waals surface area contributed by atoms with Crippen LogP contribution in [-0.4, -0.2) is 14.7 Å². The van der Waals surface area contributed by atoms with Crippen molar-refractivity contribution in [2.24, 2.45) is 0 Å². The minimum absolute atomic E-state index is 0.00419. The van der Waals surface area contributed by atoms with Crippen LogP contribution in [0.3, 0.4) is 0 Å². The first kappa shape index (κ1) is 20.6. The Balaban J connectivity index is 1.84. The molecule has 1 heterocycles. The lowest BCUT2D eigenvalue weighted by molar-refractivity contribution is -0.110. The van der Waals surface area contributed by atoms with Crippen molar-refractivity contribution in [2.75, 3.05) is 0 Å². The van der Waals surface area contributed by atoms with Gasteiger partial charge in [0.1, 0.15) is 0 Å². The first-order chi connectivity index (χ1) is 12.9. The number of benzene rings is 2. The smallest absolute Gasteiger partial charge is 0.193 e. The van der Waals surface area contributed by atoms with E-state index in [2.05, 4.69) is 4.98 Å². The molecular weight excluding hydrogens is 446 g/mol. The first-order valence-electron chi connectivity index (χ1n) is 7.96. The molecule has 8 heteroatoms. The van der Waals surface area contributed by atoms with Gasteiger partial charge in [0, 0.05) is 51.0 Å². The fourth-order valence-corrected chi connectivity index (χ4v) is 5.13. The summed E-state index contributed by atoms with van der Waals surface area (Å²) in [4.78, 5) is 16.7. The molecule has 0 radical (unpaired) electrons. The Hall–Kier alpha value is -1.17. The third-order valence-corrected chi connectivity index (χ3v) is 6.01. The van der Waals surface area contributed by atoms with Crippen molar-refractivity contribution >= 4 is 63.3 Å². The molecule has 0 aliphatic heterocycles. The van der Waals surface area contributed by atoms with Gasteiger partial charge in [-0.15, -0.1) is 0 Å². The predicted octanol–water partition coefficient (Wildman–Crippen LogP) is 6.74. The van der Waals surface area contributed by atoms with Crippen LogP contribution in [0.5, 0.6) is 0 Å². The summed E-state index contributed by atoms with van der Waals surface area (Å²) in [5, 5.41) is 1.68. The number of thioether (sulfide) groups is 1. The fourth-order valence-electron chi connectivity index (χ4n) is 2.60. The number of hydrogen-bond donors (Lipinski definition) is 0. The number of carbonyl (C=O) groups excluding carboxylic acids is 1. The molecule has 140 valence electrons. The topological polar surface area (TPSA) is 34.9 Å². The second-order valence-corrected chi connectivity index (χ2v) is 8.77. The minimum atomic E-state index is -0.281. The van der Waals surface area contributed by atoms with Crippen molar-refractivity contribution in [1.82, 2.24) is 9.55 Å². The number of rotatable bonds is 6. The average Bonchev–Trinajstić information content (AvgIpc) is 3.09. The van der Waals surface area contributed by atoms with E-state index in [-0.39, 0.29) is 16.8 Å². The average molecular weight is 460 g/mol. The molecule has 3 rings (SSSR count). The van der Waals surface area contributed by atoms with Crippen LogP contribution in [0.2, 0.25) is 20.1 Å². The van der Waals surface area contributed by atoms with Crippen molar-refractivity contribution < 1.29 is 4.79 Å². The van der Waals surface area contributed by atoms with Gasteiger partial charge in [-0.1, -0.05) is 70.3 Å². The highest BCUT2D eigenvalue weighted by molar-refractivity contribution is 8.13. The molecule has 1 atom stereocenters. The van der Waals surface area contributed by atoms with Crippen LogP contribution in [0.4, 0.5) is 0 Å². The zero-order valence-electron chi connectivity index (χ0n) is 13.9. The van der Waals surface area contributed by atoms with Crippen LogP contribution in [0.25, 0.3) is 0 Å². The van der Waals surface area contributed by atoms with E-state index < -0.39 is 0 Å². The van der Waals surface area contributed by atoms with Crippen LogP contribution in [0.1, 0.15) is 16.4 Å². The molecule has 3 aromatic rings. The van der Waals surface area contributed by atoms with Gasteiger partial charge in [-0.05, 0) is 29.8 Å². The van der Waals surface area contributed by atoms with Gasteiger partial charge in [0.15, 0.2) is 5.12 Å². The summed E-state index contributed by atoms with van der Waals surface area (Å²) in [6.45, 7) is 0.498. The van der Waals surface area contributed by atoms with Gasteiger partial charge in [0.05, 0.1) is 11.6 Å². The maximum atomic E-state index is 12.7. The summed E-state index contributed by atoms with van der Waals surface area (Å²) >= 11 is 25.9. The number of halogens is 4. The van der Waals surface area contributed by atoms with E-state index >= 15 is 0 Å². The van der Waals surface area contributed by atoms with E-state index in [1.807, 2.05) is 22.9 Å². The molecule has 3 nitrogen and oxygen atoms in total. The molecule has 0 spiro atoms. The third-order valence-electron chi connectivity index (χ3n) is 3.84. The molecule has 1 aromatic heterocycles. The zero-order valence-corrected chi connectivity index (χ0v) is 17.8. The van der Waals surface area contributed by atoms with Crippen molar-refractivity contribution in [3.05, 3.63) is 86.3 Å². The molecule has 0 N–H and O–H groups in total. The number of hydrogen-bond acceptors (Lipinski definition) is 3. The molecule has 0 saturated heterocycles. The van der Waals surface area contributed by atoms with Gasteiger partial charge in [0.25, 0.3) is 0 Å². The number of aromatic nitrogens is 2. The van der Waals surface area contributed by atoms with Crippen LogP contribution in [0, 0.1) is 0 Å². The van der Waals surface area contributed by atoms with E-state index in [0.29, 0.717) is 32.2 Å². The van der Waals surface area contributed by atoms with Gasteiger partial charge in [-0.2, -0.15) is 0 Å².